The number of hydrogen-bond acceptors (Lipinski definition) is 3. The van der Waals surface area contributed by atoms with Crippen LogP contribution in [0.2, 0.25) is 0 Å². The summed E-state index contributed by atoms with van der Waals surface area (Å²) in [5.41, 5.74) is 0.703. The molecule has 6 heteroatoms. The Hall–Kier alpha value is -1.95. The zero-order chi connectivity index (χ0) is 15.8. The molecule has 2 unspecified atom stereocenters. The fraction of sp³-hybridized carbons (Fsp3) is 0.467. The molecule has 1 amide bonds. The van der Waals surface area contributed by atoms with Crippen molar-refractivity contribution in [3.05, 3.63) is 35.6 Å². The van der Waals surface area contributed by atoms with E-state index < -0.39 is 12.0 Å². The van der Waals surface area contributed by atoms with E-state index in [-0.39, 0.29) is 37.1 Å². The van der Waals surface area contributed by atoms with Crippen LogP contribution in [0.3, 0.4) is 0 Å². The number of carboxylic acid groups (broad SMARTS) is 1. The third-order valence-corrected chi connectivity index (χ3v) is 3.15. The molecule has 2 N–H and O–H groups in total. The smallest absolute Gasteiger partial charge is 0.326 e. The summed E-state index contributed by atoms with van der Waals surface area (Å²) in [6.45, 7) is 2.04. The summed E-state index contributed by atoms with van der Waals surface area (Å²) in [5, 5.41) is 11.5. The molecule has 0 saturated carbocycles. The Kier molecular flexibility index (Phi) is 6.81. The molecular weight excluding hydrogens is 277 g/mol. The summed E-state index contributed by atoms with van der Waals surface area (Å²) < 4.78 is 17.9. The zero-order valence-corrected chi connectivity index (χ0v) is 12.1. The van der Waals surface area contributed by atoms with Gasteiger partial charge >= 0.3 is 5.97 Å². The lowest BCUT2D eigenvalue weighted by Crippen LogP contribution is -2.41. The number of benzene rings is 1. The van der Waals surface area contributed by atoms with Crippen LogP contribution in [0.25, 0.3) is 0 Å². The molecule has 1 aromatic rings. The van der Waals surface area contributed by atoms with Gasteiger partial charge in [-0.3, -0.25) is 4.79 Å². The summed E-state index contributed by atoms with van der Waals surface area (Å²) in [4.78, 5) is 22.9. The van der Waals surface area contributed by atoms with E-state index in [1.54, 1.807) is 19.1 Å². The minimum absolute atomic E-state index is 0.0974. The normalized spacial score (nSPS) is 13.5. The first-order chi connectivity index (χ1) is 9.93. The Morgan fingerprint density at radius 2 is 2.14 bits per heavy atom. The molecule has 0 bridgehead atoms. The van der Waals surface area contributed by atoms with Gasteiger partial charge in [-0.25, -0.2) is 9.18 Å². The van der Waals surface area contributed by atoms with E-state index >= 15 is 0 Å². The van der Waals surface area contributed by atoms with Crippen molar-refractivity contribution in [2.24, 2.45) is 0 Å². The molecule has 5 nitrogen and oxygen atoms in total. The first-order valence-corrected chi connectivity index (χ1v) is 6.70. The number of carboxylic acids is 1. The Morgan fingerprint density at radius 1 is 1.43 bits per heavy atom. The number of halogens is 1. The molecule has 0 heterocycles. The second-order valence-corrected chi connectivity index (χ2v) is 4.90. The van der Waals surface area contributed by atoms with Crippen molar-refractivity contribution >= 4 is 11.9 Å². The Labute approximate surface area is 123 Å². The van der Waals surface area contributed by atoms with E-state index in [1.165, 1.54) is 19.2 Å². The Morgan fingerprint density at radius 3 is 2.71 bits per heavy atom. The molecule has 0 aromatic heterocycles. The lowest BCUT2D eigenvalue weighted by atomic mass is 9.97. The van der Waals surface area contributed by atoms with Crippen LogP contribution in [-0.2, 0) is 14.3 Å². The number of rotatable bonds is 8. The predicted octanol–water partition coefficient (Wildman–Crippen LogP) is 1.93. The predicted molar refractivity (Wildman–Crippen MR) is 75.5 cm³/mol. The van der Waals surface area contributed by atoms with E-state index in [4.69, 9.17) is 9.84 Å². The maximum Gasteiger partial charge on any atom is 0.326 e. The molecule has 0 aliphatic carbocycles. The van der Waals surface area contributed by atoms with Crippen molar-refractivity contribution in [2.45, 2.75) is 31.7 Å². The van der Waals surface area contributed by atoms with E-state index in [9.17, 15) is 14.0 Å². The molecule has 0 radical (unpaired) electrons. The molecule has 0 aliphatic heterocycles. The van der Waals surface area contributed by atoms with Gasteiger partial charge in [-0.15, -0.1) is 0 Å². The first-order valence-electron chi connectivity index (χ1n) is 6.70. The lowest BCUT2D eigenvalue weighted by molar-refractivity contribution is -0.142. The number of amides is 1. The van der Waals surface area contributed by atoms with Gasteiger partial charge in [-0.05, 0) is 23.6 Å². The van der Waals surface area contributed by atoms with Gasteiger partial charge in [-0.2, -0.15) is 0 Å². The fourth-order valence-electron chi connectivity index (χ4n) is 1.96. The van der Waals surface area contributed by atoms with Crippen LogP contribution < -0.4 is 5.32 Å². The van der Waals surface area contributed by atoms with E-state index in [1.807, 2.05) is 0 Å². The minimum atomic E-state index is -1.10. The molecule has 0 aliphatic rings. The van der Waals surface area contributed by atoms with Crippen LogP contribution >= 0.6 is 0 Å². The number of carbonyl (C=O) groups excluding carboxylic acids is 1. The molecule has 116 valence electrons. The maximum atomic E-state index is 13.1. The van der Waals surface area contributed by atoms with E-state index in [0.717, 1.165) is 0 Å². The molecule has 0 fully saturated rings. The van der Waals surface area contributed by atoms with Gasteiger partial charge in [0.25, 0.3) is 0 Å². The number of aliphatic carboxylic acids is 1. The van der Waals surface area contributed by atoms with Crippen molar-refractivity contribution < 1.29 is 23.8 Å². The van der Waals surface area contributed by atoms with Crippen molar-refractivity contribution in [1.29, 1.82) is 0 Å². The van der Waals surface area contributed by atoms with Gasteiger partial charge in [-0.1, -0.05) is 19.1 Å². The third kappa shape index (κ3) is 5.91. The summed E-state index contributed by atoms with van der Waals surface area (Å²) in [7, 11) is 1.47. The van der Waals surface area contributed by atoms with Crippen LogP contribution in [0.1, 0.15) is 31.2 Å². The molecule has 1 rings (SSSR count). The maximum absolute atomic E-state index is 13.1. The molecule has 2 atom stereocenters. The van der Waals surface area contributed by atoms with E-state index in [0.29, 0.717) is 5.56 Å². The van der Waals surface area contributed by atoms with Crippen LogP contribution in [0.4, 0.5) is 4.39 Å². The highest BCUT2D eigenvalue weighted by molar-refractivity contribution is 5.83. The zero-order valence-electron chi connectivity index (χ0n) is 12.1. The third-order valence-electron chi connectivity index (χ3n) is 3.15. The number of nitrogens with one attached hydrogen (secondary N) is 1. The Balaban J connectivity index is 2.57. The highest BCUT2D eigenvalue weighted by atomic mass is 19.1. The van der Waals surface area contributed by atoms with Gasteiger partial charge < -0.3 is 15.2 Å². The second-order valence-electron chi connectivity index (χ2n) is 4.90. The van der Waals surface area contributed by atoms with Gasteiger partial charge in [0.05, 0.1) is 0 Å². The summed E-state index contributed by atoms with van der Waals surface area (Å²) in [6.07, 6.45) is 0.298. The topological polar surface area (TPSA) is 75.6 Å². The van der Waals surface area contributed by atoms with Crippen LogP contribution in [0, 0.1) is 5.82 Å². The number of carbonyl (C=O) groups is 2. The summed E-state index contributed by atoms with van der Waals surface area (Å²) in [6, 6.07) is 5.05. The SMILES string of the molecule is COCCC(NC(=O)CC(C)c1cccc(F)c1)C(=O)O. The second kappa shape index (κ2) is 8.36. The highest BCUT2D eigenvalue weighted by Crippen LogP contribution is 2.19. The van der Waals surface area contributed by atoms with Crippen molar-refractivity contribution in [3.8, 4) is 0 Å². The Bertz CT molecular complexity index is 492. The van der Waals surface area contributed by atoms with Crippen LogP contribution in [0.5, 0.6) is 0 Å². The minimum Gasteiger partial charge on any atom is -0.480 e. The van der Waals surface area contributed by atoms with Crippen molar-refractivity contribution in [1.82, 2.24) is 5.32 Å². The van der Waals surface area contributed by atoms with Gasteiger partial charge in [0.15, 0.2) is 0 Å². The average molecular weight is 297 g/mol. The molecule has 1 aromatic carbocycles. The molecule has 0 saturated heterocycles. The highest BCUT2D eigenvalue weighted by Gasteiger charge is 2.21. The van der Waals surface area contributed by atoms with Gasteiger partial charge in [0.2, 0.25) is 5.91 Å². The van der Waals surface area contributed by atoms with Crippen molar-refractivity contribution in [2.75, 3.05) is 13.7 Å². The van der Waals surface area contributed by atoms with Crippen LogP contribution in [-0.4, -0.2) is 36.7 Å². The van der Waals surface area contributed by atoms with Crippen molar-refractivity contribution in [3.63, 3.8) is 0 Å². The monoisotopic (exact) mass is 297 g/mol. The summed E-state index contributed by atoms with van der Waals surface area (Å²) in [5.74, 6) is -2.03. The van der Waals surface area contributed by atoms with Gasteiger partial charge in [0.1, 0.15) is 11.9 Å². The number of ether oxygens (including phenoxy) is 1. The quantitative estimate of drug-likeness (QED) is 0.768. The fourth-order valence-corrected chi connectivity index (χ4v) is 1.96. The van der Waals surface area contributed by atoms with E-state index in [2.05, 4.69) is 5.32 Å². The van der Waals surface area contributed by atoms with Gasteiger partial charge in [0, 0.05) is 26.6 Å². The van der Waals surface area contributed by atoms with Crippen LogP contribution in [0.15, 0.2) is 24.3 Å². The largest absolute Gasteiger partial charge is 0.480 e. The number of hydrogen-bond donors (Lipinski definition) is 2. The summed E-state index contributed by atoms with van der Waals surface area (Å²) >= 11 is 0. The standard InChI is InChI=1S/C15H20FNO4/c1-10(11-4-3-5-12(16)9-11)8-14(18)17-13(15(19)20)6-7-21-2/h3-5,9-10,13H,6-8H2,1-2H3,(H,17,18)(H,19,20). The molecular formula is C15H20FNO4. The number of methoxy groups -OCH3 is 1. The molecule has 21 heavy (non-hydrogen) atoms. The lowest BCUT2D eigenvalue weighted by Gasteiger charge is -2.16. The first kappa shape index (κ1) is 17.1. The average Bonchev–Trinajstić information content (AvgIpc) is 2.43. The molecule has 0 spiro atoms.